The van der Waals surface area contributed by atoms with Crippen LogP contribution in [0.2, 0.25) is 0 Å². The van der Waals surface area contributed by atoms with E-state index in [2.05, 4.69) is 75.1 Å². The van der Waals surface area contributed by atoms with Gasteiger partial charge in [-0.05, 0) is 42.3 Å². The van der Waals surface area contributed by atoms with E-state index in [1.165, 1.54) is 11.1 Å². The maximum atomic E-state index is 13.4. The molecule has 192 valence electrons. The summed E-state index contributed by atoms with van der Waals surface area (Å²) < 4.78 is 3.84. The average molecular weight is 504 g/mol. The Balaban J connectivity index is 1.21. The third-order valence-corrected chi connectivity index (χ3v) is 7.55. The molecule has 0 spiro atoms. The van der Waals surface area contributed by atoms with Crippen LogP contribution in [-0.2, 0) is 6.54 Å². The predicted octanol–water partition coefficient (Wildman–Crippen LogP) is 4.90. The second-order valence-electron chi connectivity index (χ2n) is 10.0. The average Bonchev–Trinajstić information content (AvgIpc) is 3.24. The predicted molar refractivity (Wildman–Crippen MR) is 153 cm³/mol. The van der Waals surface area contributed by atoms with Gasteiger partial charge in [-0.2, -0.15) is 0 Å². The van der Waals surface area contributed by atoms with Crippen molar-refractivity contribution in [2.75, 3.05) is 32.7 Å². The van der Waals surface area contributed by atoms with Crippen LogP contribution in [0.5, 0.6) is 0 Å². The van der Waals surface area contributed by atoms with E-state index < -0.39 is 0 Å². The van der Waals surface area contributed by atoms with E-state index in [4.69, 9.17) is 4.98 Å². The zero-order chi connectivity index (χ0) is 25.9. The van der Waals surface area contributed by atoms with Crippen molar-refractivity contribution in [2.45, 2.75) is 19.5 Å². The Hall–Kier alpha value is -4.00. The maximum absolute atomic E-state index is 13.4. The molecule has 6 rings (SSSR count). The first-order valence-corrected chi connectivity index (χ1v) is 13.4. The molecular formula is C32H33N5O. The second kappa shape index (κ2) is 10.8. The van der Waals surface area contributed by atoms with Gasteiger partial charge in [0.25, 0.3) is 5.56 Å². The molecular weight excluding hydrogens is 470 g/mol. The highest BCUT2D eigenvalue weighted by Crippen LogP contribution is 2.29. The molecule has 0 radical (unpaired) electrons. The number of aryl methyl sites for hydroxylation is 1. The molecule has 1 aliphatic heterocycles. The van der Waals surface area contributed by atoms with Crippen LogP contribution in [-0.4, -0.2) is 56.9 Å². The Morgan fingerprint density at radius 3 is 1.89 bits per heavy atom. The Kier molecular flexibility index (Phi) is 6.90. The first kappa shape index (κ1) is 24.3. The van der Waals surface area contributed by atoms with Gasteiger partial charge in [0.2, 0.25) is 0 Å². The minimum Gasteiger partial charge on any atom is -0.299 e. The zero-order valence-corrected chi connectivity index (χ0v) is 21.8. The summed E-state index contributed by atoms with van der Waals surface area (Å²) in [5, 5.41) is 0.665. The lowest BCUT2D eigenvalue weighted by atomic mass is 9.96. The van der Waals surface area contributed by atoms with Gasteiger partial charge in [0.1, 0.15) is 0 Å². The van der Waals surface area contributed by atoms with Gasteiger partial charge in [-0.15, -0.1) is 0 Å². The smallest absolute Gasteiger partial charge is 0.280 e. The molecule has 1 aliphatic rings. The highest BCUT2D eigenvalue weighted by Gasteiger charge is 2.26. The molecule has 6 nitrogen and oxygen atoms in total. The molecule has 0 aliphatic carbocycles. The number of pyridine rings is 1. The Bertz CT molecular complexity index is 1510. The summed E-state index contributed by atoms with van der Waals surface area (Å²) in [7, 11) is 0. The molecule has 0 saturated carbocycles. The van der Waals surface area contributed by atoms with E-state index in [0.717, 1.165) is 49.8 Å². The van der Waals surface area contributed by atoms with E-state index >= 15 is 0 Å². The maximum Gasteiger partial charge on any atom is 0.280 e. The quantitative estimate of drug-likeness (QED) is 0.317. The molecule has 1 fully saturated rings. The van der Waals surface area contributed by atoms with Crippen LogP contribution in [0, 0.1) is 6.92 Å². The first-order chi connectivity index (χ1) is 18.7. The van der Waals surface area contributed by atoms with Crippen molar-refractivity contribution in [2.24, 2.45) is 0 Å². The Labute approximate surface area is 223 Å². The van der Waals surface area contributed by atoms with Gasteiger partial charge < -0.3 is 0 Å². The van der Waals surface area contributed by atoms with Crippen molar-refractivity contribution in [3.63, 3.8) is 0 Å². The fourth-order valence-corrected chi connectivity index (χ4v) is 5.62. The van der Waals surface area contributed by atoms with E-state index in [9.17, 15) is 4.79 Å². The summed E-state index contributed by atoms with van der Waals surface area (Å²) in [6.07, 6.45) is 0. The molecule has 38 heavy (non-hydrogen) atoms. The number of piperazine rings is 1. The standard InChI is InChI=1S/C32H33N5O/c1-25-17-18-29-31(33-25)36(37(32(29)38)28-15-9-4-10-16-28)24-21-34-19-22-35(23-20-34)30(26-11-5-2-6-12-26)27-13-7-3-8-14-27/h2-18,30H,19-24H2,1H3. The number of nitrogens with zero attached hydrogens (tertiary/aromatic N) is 5. The van der Waals surface area contributed by atoms with Crippen molar-refractivity contribution >= 4 is 11.0 Å². The number of benzene rings is 3. The zero-order valence-electron chi connectivity index (χ0n) is 21.8. The van der Waals surface area contributed by atoms with Crippen LogP contribution in [0.1, 0.15) is 22.9 Å². The summed E-state index contributed by atoms with van der Waals surface area (Å²) >= 11 is 0. The van der Waals surface area contributed by atoms with Gasteiger partial charge in [-0.1, -0.05) is 78.9 Å². The van der Waals surface area contributed by atoms with E-state index in [1.54, 1.807) is 4.68 Å². The van der Waals surface area contributed by atoms with E-state index in [-0.39, 0.29) is 11.6 Å². The van der Waals surface area contributed by atoms with Crippen LogP contribution < -0.4 is 5.56 Å². The Morgan fingerprint density at radius 1 is 0.711 bits per heavy atom. The summed E-state index contributed by atoms with van der Waals surface area (Å²) in [6, 6.07) is 35.6. The number of hydrogen-bond donors (Lipinski definition) is 0. The van der Waals surface area contributed by atoms with Gasteiger partial charge in [-0.3, -0.25) is 19.3 Å². The Morgan fingerprint density at radius 2 is 1.29 bits per heavy atom. The fraction of sp³-hybridized carbons (Fsp3) is 0.250. The molecule has 2 aromatic heterocycles. The van der Waals surface area contributed by atoms with Crippen LogP contribution >= 0.6 is 0 Å². The summed E-state index contributed by atoms with van der Waals surface area (Å²) in [4.78, 5) is 23.2. The van der Waals surface area contributed by atoms with Crippen LogP contribution in [0.4, 0.5) is 0 Å². The van der Waals surface area contributed by atoms with Crippen molar-refractivity contribution in [1.82, 2.24) is 24.1 Å². The van der Waals surface area contributed by atoms with Crippen LogP contribution in [0.15, 0.2) is 108 Å². The monoisotopic (exact) mass is 503 g/mol. The van der Waals surface area contributed by atoms with Gasteiger partial charge in [0, 0.05) is 38.4 Å². The molecule has 0 unspecified atom stereocenters. The number of aromatic nitrogens is 3. The highest BCUT2D eigenvalue weighted by molar-refractivity contribution is 5.75. The van der Waals surface area contributed by atoms with Crippen molar-refractivity contribution in [3.8, 4) is 5.69 Å². The van der Waals surface area contributed by atoms with Crippen LogP contribution in [0.25, 0.3) is 16.7 Å². The fourth-order valence-electron chi connectivity index (χ4n) is 5.62. The molecule has 0 N–H and O–H groups in total. The molecule has 5 aromatic rings. The third-order valence-electron chi connectivity index (χ3n) is 7.55. The van der Waals surface area contributed by atoms with Crippen molar-refractivity contribution in [1.29, 1.82) is 0 Å². The summed E-state index contributed by atoms with van der Waals surface area (Å²) in [6.45, 7) is 7.48. The number of hydrogen-bond acceptors (Lipinski definition) is 4. The minimum absolute atomic E-state index is 0.0166. The molecule has 0 atom stereocenters. The number of fused-ring (bicyclic) bond motifs is 1. The van der Waals surface area contributed by atoms with Gasteiger partial charge in [0.05, 0.1) is 23.7 Å². The number of para-hydroxylation sites is 1. The lowest BCUT2D eigenvalue weighted by Gasteiger charge is -2.40. The highest BCUT2D eigenvalue weighted by atomic mass is 16.1. The molecule has 3 aromatic carbocycles. The molecule has 0 amide bonds. The lowest BCUT2D eigenvalue weighted by molar-refractivity contribution is 0.106. The topological polar surface area (TPSA) is 46.3 Å². The minimum atomic E-state index is -0.0166. The van der Waals surface area contributed by atoms with Gasteiger partial charge >= 0.3 is 0 Å². The third kappa shape index (κ3) is 4.80. The lowest BCUT2D eigenvalue weighted by Crippen LogP contribution is -2.48. The largest absolute Gasteiger partial charge is 0.299 e. The van der Waals surface area contributed by atoms with E-state index in [1.807, 2.05) is 49.4 Å². The first-order valence-electron chi connectivity index (χ1n) is 13.4. The van der Waals surface area contributed by atoms with Crippen LogP contribution in [0.3, 0.4) is 0 Å². The molecule has 6 heteroatoms. The normalized spacial score (nSPS) is 14.9. The molecule has 1 saturated heterocycles. The van der Waals surface area contributed by atoms with Crippen molar-refractivity contribution < 1.29 is 0 Å². The number of rotatable bonds is 7. The van der Waals surface area contributed by atoms with E-state index in [0.29, 0.717) is 11.9 Å². The summed E-state index contributed by atoms with van der Waals surface area (Å²) in [5.74, 6) is 0. The SMILES string of the molecule is Cc1ccc2c(=O)n(-c3ccccc3)n(CCN3CCN(C(c4ccccc4)c4ccccc4)CC3)c2n1. The van der Waals surface area contributed by atoms with Crippen molar-refractivity contribution in [3.05, 3.63) is 130 Å². The molecule has 0 bridgehead atoms. The van der Waals surface area contributed by atoms with Gasteiger partial charge in [0.15, 0.2) is 5.65 Å². The summed E-state index contributed by atoms with van der Waals surface area (Å²) in [5.41, 5.74) is 5.19. The second-order valence-corrected chi connectivity index (χ2v) is 10.0. The molecule has 3 heterocycles. The van der Waals surface area contributed by atoms with Gasteiger partial charge in [-0.25, -0.2) is 9.67 Å².